The van der Waals surface area contributed by atoms with Crippen LogP contribution < -0.4 is 14.8 Å². The Morgan fingerprint density at radius 3 is 2.76 bits per heavy atom. The second kappa shape index (κ2) is 8.19. The van der Waals surface area contributed by atoms with E-state index in [-0.39, 0.29) is 11.7 Å². The zero-order valence-corrected chi connectivity index (χ0v) is 17.1. The Morgan fingerprint density at radius 1 is 1.28 bits per heavy atom. The van der Waals surface area contributed by atoms with Crippen molar-refractivity contribution in [2.45, 2.75) is 11.9 Å². The first kappa shape index (κ1) is 19.4. The molecule has 0 radical (unpaired) electrons. The lowest BCUT2D eigenvalue weighted by atomic mass is 10.1. The van der Waals surface area contributed by atoms with Gasteiger partial charge in [-0.25, -0.2) is 4.98 Å². The molecule has 0 atom stereocenters. The van der Waals surface area contributed by atoms with Crippen LogP contribution in [0.3, 0.4) is 0 Å². The van der Waals surface area contributed by atoms with Crippen molar-refractivity contribution in [2.24, 2.45) is 0 Å². The highest BCUT2D eigenvalue weighted by Crippen LogP contribution is 2.35. The molecule has 8 heteroatoms. The van der Waals surface area contributed by atoms with Crippen molar-refractivity contribution in [1.82, 2.24) is 4.98 Å². The maximum absolute atomic E-state index is 12.4. The molecule has 6 nitrogen and oxygen atoms in total. The lowest BCUT2D eigenvalue weighted by molar-refractivity contribution is -0.113. The van der Waals surface area contributed by atoms with Gasteiger partial charge in [0.25, 0.3) is 0 Å². The molecule has 1 aliphatic heterocycles. The number of pyridine rings is 1. The summed E-state index contributed by atoms with van der Waals surface area (Å²) >= 11 is 7.36. The van der Waals surface area contributed by atoms with Crippen molar-refractivity contribution in [1.29, 1.82) is 5.26 Å². The van der Waals surface area contributed by atoms with Gasteiger partial charge in [0, 0.05) is 11.5 Å². The lowest BCUT2D eigenvalue weighted by Gasteiger charge is -2.19. The molecule has 1 aliphatic rings. The molecule has 1 amide bonds. The number of nitrogens with one attached hydrogen (secondary N) is 1. The molecule has 0 saturated heterocycles. The van der Waals surface area contributed by atoms with E-state index in [9.17, 15) is 10.1 Å². The highest BCUT2D eigenvalue weighted by atomic mass is 35.5. The predicted octanol–water partition coefficient (Wildman–Crippen LogP) is 4.57. The Bertz CT molecular complexity index is 1140. The summed E-state index contributed by atoms with van der Waals surface area (Å²) in [5.41, 5.74) is 2.55. The van der Waals surface area contributed by atoms with Crippen LogP contribution in [0.2, 0.25) is 5.02 Å². The van der Waals surface area contributed by atoms with Crippen LogP contribution >= 0.6 is 23.4 Å². The molecule has 146 valence electrons. The van der Waals surface area contributed by atoms with Crippen molar-refractivity contribution in [3.8, 4) is 17.6 Å². The van der Waals surface area contributed by atoms with Crippen LogP contribution in [0.1, 0.15) is 11.1 Å². The summed E-state index contributed by atoms with van der Waals surface area (Å²) in [5, 5.41) is 14.1. The highest BCUT2D eigenvalue weighted by Gasteiger charge is 2.16. The number of benzene rings is 2. The molecule has 0 fully saturated rings. The number of carbonyl (C=O) groups excluding carboxylic acids is 1. The summed E-state index contributed by atoms with van der Waals surface area (Å²) in [7, 11) is 0. The second-order valence-corrected chi connectivity index (χ2v) is 7.78. The molecular formula is C21H16ClN3O3S. The zero-order valence-electron chi connectivity index (χ0n) is 15.5. The van der Waals surface area contributed by atoms with Gasteiger partial charge >= 0.3 is 0 Å². The van der Waals surface area contributed by atoms with Gasteiger partial charge in [-0.05, 0) is 30.7 Å². The molecule has 0 bridgehead atoms. The van der Waals surface area contributed by atoms with Crippen LogP contribution in [0.25, 0.3) is 10.9 Å². The molecule has 2 aromatic carbocycles. The summed E-state index contributed by atoms with van der Waals surface area (Å²) in [4.78, 5) is 17.0. The van der Waals surface area contributed by atoms with Crippen LogP contribution in [0, 0.1) is 18.3 Å². The molecule has 0 spiro atoms. The highest BCUT2D eigenvalue weighted by molar-refractivity contribution is 8.00. The number of aromatic nitrogens is 1. The summed E-state index contributed by atoms with van der Waals surface area (Å²) in [6, 6.07) is 12.9. The van der Waals surface area contributed by atoms with Gasteiger partial charge in [0.1, 0.15) is 24.3 Å². The quantitative estimate of drug-likeness (QED) is 0.616. The number of para-hydroxylation sites is 1. The zero-order chi connectivity index (χ0) is 20.4. The molecule has 0 saturated carbocycles. The number of fused-ring (bicyclic) bond motifs is 2. The number of nitrogens with zero attached hydrogens (tertiary/aromatic N) is 2. The summed E-state index contributed by atoms with van der Waals surface area (Å²) < 4.78 is 11.2. The van der Waals surface area contributed by atoms with Crippen molar-refractivity contribution in [2.75, 3.05) is 24.3 Å². The molecule has 4 rings (SSSR count). The number of amides is 1. The summed E-state index contributed by atoms with van der Waals surface area (Å²) in [5.74, 6) is 1.15. The average Bonchev–Trinajstić information content (AvgIpc) is 2.72. The number of halogens is 1. The molecule has 1 aromatic heterocycles. The molecule has 2 heterocycles. The topological polar surface area (TPSA) is 84.2 Å². The van der Waals surface area contributed by atoms with Gasteiger partial charge in [0.05, 0.1) is 27.5 Å². The van der Waals surface area contributed by atoms with Gasteiger partial charge in [-0.3, -0.25) is 4.79 Å². The standard InChI is InChI=1S/C21H16ClN3O3S/c1-12-3-2-4-15(22)20(12)25-19(26)11-29-21-14(10-23)7-13-8-17-18(9-16(13)24-21)28-6-5-27-17/h2-4,7-9H,5-6,11H2,1H3,(H,25,26). The van der Waals surface area contributed by atoms with E-state index in [1.54, 1.807) is 18.2 Å². The third-order valence-corrected chi connectivity index (χ3v) is 5.70. The molecular weight excluding hydrogens is 410 g/mol. The number of ether oxygens (including phenoxy) is 2. The van der Waals surface area contributed by atoms with Gasteiger partial charge in [0.2, 0.25) is 5.91 Å². The largest absolute Gasteiger partial charge is 0.486 e. The van der Waals surface area contributed by atoms with E-state index in [0.29, 0.717) is 51.5 Å². The van der Waals surface area contributed by atoms with E-state index in [1.807, 2.05) is 25.1 Å². The Labute approximate surface area is 176 Å². The van der Waals surface area contributed by atoms with Crippen molar-refractivity contribution >= 4 is 45.9 Å². The van der Waals surface area contributed by atoms with Crippen LogP contribution in [0.5, 0.6) is 11.5 Å². The number of anilines is 1. The van der Waals surface area contributed by atoms with E-state index < -0.39 is 0 Å². The fourth-order valence-corrected chi connectivity index (χ4v) is 4.01. The number of rotatable bonds is 4. The maximum atomic E-state index is 12.4. The van der Waals surface area contributed by atoms with E-state index in [1.165, 1.54) is 11.8 Å². The number of nitriles is 1. The molecule has 0 aliphatic carbocycles. The summed E-state index contributed by atoms with van der Waals surface area (Å²) in [6.45, 7) is 2.85. The molecule has 29 heavy (non-hydrogen) atoms. The number of hydrogen-bond donors (Lipinski definition) is 1. The van der Waals surface area contributed by atoms with Crippen LogP contribution in [0.15, 0.2) is 41.4 Å². The Morgan fingerprint density at radius 2 is 2.03 bits per heavy atom. The minimum absolute atomic E-state index is 0.0996. The minimum Gasteiger partial charge on any atom is -0.486 e. The Hall–Kier alpha value is -2.95. The van der Waals surface area contributed by atoms with Gasteiger partial charge in [-0.2, -0.15) is 5.26 Å². The lowest BCUT2D eigenvalue weighted by Crippen LogP contribution is -2.15. The molecule has 1 N–H and O–H groups in total. The number of thioether (sulfide) groups is 1. The van der Waals surface area contributed by atoms with Gasteiger partial charge in [-0.1, -0.05) is 35.5 Å². The van der Waals surface area contributed by atoms with Crippen LogP contribution in [-0.2, 0) is 4.79 Å². The predicted molar refractivity (Wildman–Crippen MR) is 113 cm³/mol. The smallest absolute Gasteiger partial charge is 0.234 e. The first-order valence-electron chi connectivity index (χ1n) is 8.87. The number of aryl methyl sites for hydroxylation is 1. The first-order chi connectivity index (χ1) is 14.0. The van der Waals surface area contributed by atoms with Gasteiger partial charge < -0.3 is 14.8 Å². The van der Waals surface area contributed by atoms with Crippen LogP contribution in [0.4, 0.5) is 5.69 Å². The minimum atomic E-state index is -0.223. The van der Waals surface area contributed by atoms with Crippen molar-refractivity contribution < 1.29 is 14.3 Å². The van der Waals surface area contributed by atoms with Crippen molar-refractivity contribution in [3.63, 3.8) is 0 Å². The maximum Gasteiger partial charge on any atom is 0.234 e. The van der Waals surface area contributed by atoms with E-state index >= 15 is 0 Å². The number of carbonyl (C=O) groups is 1. The monoisotopic (exact) mass is 425 g/mol. The fourth-order valence-electron chi connectivity index (χ4n) is 2.98. The van der Waals surface area contributed by atoms with Gasteiger partial charge in [-0.15, -0.1) is 0 Å². The van der Waals surface area contributed by atoms with Crippen molar-refractivity contribution in [3.05, 3.63) is 52.5 Å². The second-order valence-electron chi connectivity index (χ2n) is 6.41. The van der Waals surface area contributed by atoms with E-state index in [0.717, 1.165) is 10.9 Å². The van der Waals surface area contributed by atoms with Gasteiger partial charge in [0.15, 0.2) is 11.5 Å². The van der Waals surface area contributed by atoms with Crippen LogP contribution in [-0.4, -0.2) is 29.9 Å². The normalized spacial score (nSPS) is 12.4. The Kier molecular flexibility index (Phi) is 5.47. The third-order valence-electron chi connectivity index (χ3n) is 4.39. The first-order valence-corrected chi connectivity index (χ1v) is 10.2. The average molecular weight is 426 g/mol. The third kappa shape index (κ3) is 4.09. The SMILES string of the molecule is Cc1cccc(Cl)c1NC(=O)CSc1nc2cc3c(cc2cc1C#N)OCCO3. The Balaban J connectivity index is 1.55. The number of hydrogen-bond acceptors (Lipinski definition) is 6. The molecule has 3 aromatic rings. The molecule has 0 unspecified atom stereocenters. The summed E-state index contributed by atoms with van der Waals surface area (Å²) in [6.07, 6.45) is 0. The van der Waals surface area contributed by atoms with E-state index in [2.05, 4.69) is 16.4 Å². The van der Waals surface area contributed by atoms with E-state index in [4.69, 9.17) is 21.1 Å². The fraction of sp³-hybridized carbons (Fsp3) is 0.190.